The zero-order chi connectivity index (χ0) is 20.1. The Morgan fingerprint density at radius 1 is 1.21 bits per heavy atom. The van der Waals surface area contributed by atoms with Gasteiger partial charge in [-0.2, -0.15) is 0 Å². The van der Waals surface area contributed by atoms with Gasteiger partial charge in [-0.25, -0.2) is 17.2 Å². The van der Waals surface area contributed by atoms with Crippen LogP contribution in [0.4, 0.5) is 4.79 Å². The van der Waals surface area contributed by atoms with E-state index >= 15 is 0 Å². The van der Waals surface area contributed by atoms with Gasteiger partial charge < -0.3 is 10.1 Å². The molecule has 8 heteroatoms. The SMILES string of the molecule is C=C[C@@H]1NC(=O)O[C@@H]1c1cn(S(=O)(=O)c2ccc(C)cc2)c2cccc(Br)c12. The first-order valence-corrected chi connectivity index (χ1v) is 10.8. The predicted molar refractivity (Wildman–Crippen MR) is 110 cm³/mol. The van der Waals surface area contributed by atoms with Crippen LogP contribution in [0.5, 0.6) is 0 Å². The van der Waals surface area contributed by atoms with E-state index in [1.165, 1.54) is 10.2 Å². The number of nitrogens with one attached hydrogen (secondary N) is 1. The van der Waals surface area contributed by atoms with Gasteiger partial charge >= 0.3 is 6.09 Å². The maximum Gasteiger partial charge on any atom is 0.408 e. The molecule has 0 bridgehead atoms. The molecular formula is C20H17BrN2O4S. The molecule has 1 saturated heterocycles. The van der Waals surface area contributed by atoms with Crippen molar-refractivity contribution >= 4 is 42.9 Å². The lowest BCUT2D eigenvalue weighted by atomic mass is 10.0. The van der Waals surface area contributed by atoms with E-state index in [4.69, 9.17) is 4.74 Å². The molecule has 2 atom stereocenters. The first-order chi connectivity index (χ1) is 13.3. The van der Waals surface area contributed by atoms with Gasteiger partial charge in [0.15, 0.2) is 6.10 Å². The fourth-order valence-corrected chi connectivity index (χ4v) is 5.31. The number of amides is 1. The number of ether oxygens (including phenoxy) is 1. The fraction of sp³-hybridized carbons (Fsp3) is 0.150. The normalized spacial score (nSPS) is 19.4. The molecule has 28 heavy (non-hydrogen) atoms. The van der Waals surface area contributed by atoms with Gasteiger partial charge in [0.05, 0.1) is 16.5 Å². The number of hydrogen-bond donors (Lipinski definition) is 1. The third kappa shape index (κ3) is 2.93. The third-order valence-electron chi connectivity index (χ3n) is 4.76. The quantitative estimate of drug-likeness (QED) is 0.589. The van der Waals surface area contributed by atoms with Crippen LogP contribution in [0.25, 0.3) is 10.9 Å². The molecule has 1 aromatic heterocycles. The standard InChI is InChI=1S/C20H17BrN2O4S/c1-3-16-19(27-20(24)22-16)14-11-23(17-6-4-5-15(21)18(14)17)28(25,26)13-9-7-12(2)8-10-13/h3-11,16,19H,1H2,2H3,(H,22,24)/t16-,19+/m0/s1. The molecule has 1 amide bonds. The number of benzene rings is 2. The maximum absolute atomic E-state index is 13.3. The first kappa shape index (κ1) is 18.8. The Hall–Kier alpha value is -2.58. The highest BCUT2D eigenvalue weighted by molar-refractivity contribution is 9.10. The maximum atomic E-state index is 13.3. The average Bonchev–Trinajstić information content (AvgIpc) is 3.23. The molecule has 0 unspecified atom stereocenters. The number of aromatic nitrogens is 1. The summed E-state index contributed by atoms with van der Waals surface area (Å²) in [6.45, 7) is 5.63. The Morgan fingerprint density at radius 3 is 2.61 bits per heavy atom. The fourth-order valence-electron chi connectivity index (χ4n) is 3.35. The number of rotatable bonds is 4. The van der Waals surface area contributed by atoms with E-state index in [-0.39, 0.29) is 4.90 Å². The predicted octanol–water partition coefficient (Wildman–Crippen LogP) is 4.28. The van der Waals surface area contributed by atoms with Gasteiger partial charge in [0.1, 0.15) is 0 Å². The van der Waals surface area contributed by atoms with Crippen LogP contribution < -0.4 is 5.32 Å². The molecule has 0 aliphatic carbocycles. The van der Waals surface area contributed by atoms with E-state index in [1.54, 1.807) is 42.5 Å². The third-order valence-corrected chi connectivity index (χ3v) is 7.11. The highest BCUT2D eigenvalue weighted by Crippen LogP contribution is 2.38. The number of carbonyl (C=O) groups excluding carboxylic acids is 1. The molecule has 0 saturated carbocycles. The smallest absolute Gasteiger partial charge is 0.408 e. The molecule has 1 aliphatic rings. The van der Waals surface area contributed by atoms with E-state index in [1.807, 2.05) is 13.0 Å². The second kappa shape index (κ2) is 6.79. The number of aryl methyl sites for hydroxylation is 1. The molecule has 1 aliphatic heterocycles. The minimum atomic E-state index is -3.84. The summed E-state index contributed by atoms with van der Waals surface area (Å²) in [7, 11) is -3.84. The Kier molecular flexibility index (Phi) is 4.55. The van der Waals surface area contributed by atoms with Crippen LogP contribution in [0.15, 0.2) is 70.7 Å². The molecule has 3 aromatic rings. The topological polar surface area (TPSA) is 77.4 Å². The van der Waals surface area contributed by atoms with Crippen molar-refractivity contribution in [2.75, 3.05) is 0 Å². The minimum Gasteiger partial charge on any atom is -0.439 e. The molecule has 144 valence electrons. The Morgan fingerprint density at radius 2 is 1.93 bits per heavy atom. The zero-order valence-electron chi connectivity index (χ0n) is 14.9. The average molecular weight is 461 g/mol. The van der Waals surface area contributed by atoms with Crippen molar-refractivity contribution in [1.82, 2.24) is 9.29 Å². The second-order valence-corrected chi connectivity index (χ2v) is 9.23. The minimum absolute atomic E-state index is 0.184. The zero-order valence-corrected chi connectivity index (χ0v) is 17.3. The largest absolute Gasteiger partial charge is 0.439 e. The van der Waals surface area contributed by atoms with Gasteiger partial charge in [-0.05, 0) is 31.2 Å². The van der Waals surface area contributed by atoms with Crippen molar-refractivity contribution in [1.29, 1.82) is 0 Å². The summed E-state index contributed by atoms with van der Waals surface area (Å²) < 4.78 is 34.0. The van der Waals surface area contributed by atoms with Crippen molar-refractivity contribution in [2.24, 2.45) is 0 Å². The van der Waals surface area contributed by atoms with Crippen LogP contribution in [-0.4, -0.2) is 24.5 Å². The van der Waals surface area contributed by atoms with E-state index in [0.29, 0.717) is 20.9 Å². The van der Waals surface area contributed by atoms with Crippen LogP contribution in [0.2, 0.25) is 0 Å². The number of nitrogens with zero attached hydrogens (tertiary/aromatic N) is 1. The lowest BCUT2D eigenvalue weighted by molar-refractivity contribution is 0.137. The first-order valence-electron chi connectivity index (χ1n) is 8.54. The molecule has 1 N–H and O–H groups in total. The summed E-state index contributed by atoms with van der Waals surface area (Å²) in [5, 5.41) is 3.34. The summed E-state index contributed by atoms with van der Waals surface area (Å²) >= 11 is 3.50. The summed E-state index contributed by atoms with van der Waals surface area (Å²) in [4.78, 5) is 11.9. The van der Waals surface area contributed by atoms with Crippen molar-refractivity contribution in [2.45, 2.75) is 24.0 Å². The summed E-state index contributed by atoms with van der Waals surface area (Å²) in [5.41, 5.74) is 2.05. The highest BCUT2D eigenvalue weighted by Gasteiger charge is 2.37. The second-order valence-electron chi connectivity index (χ2n) is 6.56. The molecular weight excluding hydrogens is 444 g/mol. The summed E-state index contributed by atoms with van der Waals surface area (Å²) in [6, 6.07) is 11.5. The van der Waals surface area contributed by atoms with Crippen molar-refractivity contribution in [3.8, 4) is 0 Å². The summed E-state index contributed by atoms with van der Waals surface area (Å²) in [5.74, 6) is 0. The van der Waals surface area contributed by atoms with Gasteiger partial charge in [0.25, 0.3) is 10.0 Å². The van der Waals surface area contributed by atoms with Gasteiger partial charge in [0, 0.05) is 21.6 Å². The van der Waals surface area contributed by atoms with Crippen LogP contribution >= 0.6 is 15.9 Å². The molecule has 2 aromatic carbocycles. The van der Waals surface area contributed by atoms with E-state index in [0.717, 1.165) is 5.56 Å². The Labute approximate surface area is 171 Å². The lowest BCUT2D eigenvalue weighted by Gasteiger charge is -2.13. The number of cyclic esters (lactones) is 1. The van der Waals surface area contributed by atoms with Gasteiger partial charge in [0.2, 0.25) is 0 Å². The van der Waals surface area contributed by atoms with Gasteiger partial charge in [-0.15, -0.1) is 6.58 Å². The monoisotopic (exact) mass is 460 g/mol. The van der Waals surface area contributed by atoms with E-state index in [2.05, 4.69) is 27.8 Å². The highest BCUT2D eigenvalue weighted by atomic mass is 79.9. The van der Waals surface area contributed by atoms with Gasteiger partial charge in [-0.1, -0.05) is 45.8 Å². The summed E-state index contributed by atoms with van der Waals surface area (Å²) in [6.07, 6.45) is 1.85. The van der Waals surface area contributed by atoms with Crippen molar-refractivity contribution < 1.29 is 17.9 Å². The molecule has 0 radical (unpaired) electrons. The van der Waals surface area contributed by atoms with Crippen molar-refractivity contribution in [3.05, 3.63) is 76.9 Å². The molecule has 4 rings (SSSR count). The number of hydrogen-bond acceptors (Lipinski definition) is 4. The van der Waals surface area contributed by atoms with E-state index in [9.17, 15) is 13.2 Å². The van der Waals surface area contributed by atoms with Crippen LogP contribution in [0.3, 0.4) is 0 Å². The Balaban J connectivity index is 1.96. The lowest BCUT2D eigenvalue weighted by Crippen LogP contribution is -2.25. The number of carbonyl (C=O) groups is 1. The molecule has 6 nitrogen and oxygen atoms in total. The van der Waals surface area contributed by atoms with Crippen LogP contribution in [0, 0.1) is 6.92 Å². The van der Waals surface area contributed by atoms with E-state index < -0.39 is 28.3 Å². The van der Waals surface area contributed by atoms with Crippen molar-refractivity contribution in [3.63, 3.8) is 0 Å². The van der Waals surface area contributed by atoms with Crippen LogP contribution in [0.1, 0.15) is 17.2 Å². The molecule has 2 heterocycles. The number of halogens is 1. The Bertz CT molecular complexity index is 1200. The number of fused-ring (bicyclic) bond motifs is 1. The number of alkyl carbamates (subject to hydrolysis) is 1. The van der Waals surface area contributed by atoms with Gasteiger partial charge in [-0.3, -0.25) is 0 Å². The molecule has 1 fully saturated rings. The molecule has 0 spiro atoms. The van der Waals surface area contributed by atoms with Crippen LogP contribution in [-0.2, 0) is 14.8 Å².